The Bertz CT molecular complexity index is 857. The second-order valence-corrected chi connectivity index (χ2v) is 8.50. The molecule has 12 heteroatoms. The van der Waals surface area contributed by atoms with Crippen molar-refractivity contribution in [2.75, 3.05) is 0 Å². The zero-order valence-corrected chi connectivity index (χ0v) is 19.6. The molecule has 9 N–H and O–H groups in total. The molecular weight excluding hydrogens is 448 g/mol. The maximum absolute atomic E-state index is 12.9. The smallest absolute Gasteiger partial charge is 0.328 e. The zero-order valence-electron chi connectivity index (χ0n) is 19.6. The molecule has 0 spiro atoms. The highest BCUT2D eigenvalue weighted by atomic mass is 16.4. The third-order valence-electron chi connectivity index (χ3n) is 5.08. The number of hydrogen-bond acceptors (Lipinski definition) is 8. The summed E-state index contributed by atoms with van der Waals surface area (Å²) in [6.45, 7) is 5.70. The lowest BCUT2D eigenvalue weighted by molar-refractivity contribution is -0.146. The molecule has 0 radical (unpaired) electrons. The van der Waals surface area contributed by atoms with Crippen molar-refractivity contribution in [3.05, 3.63) is 29.8 Å². The highest BCUT2D eigenvalue weighted by molar-refractivity contribution is 5.94. The molecule has 0 aliphatic rings. The van der Waals surface area contributed by atoms with Gasteiger partial charge in [0.25, 0.3) is 0 Å². The van der Waals surface area contributed by atoms with Gasteiger partial charge in [0.15, 0.2) is 6.04 Å². The van der Waals surface area contributed by atoms with Crippen LogP contribution in [0.4, 0.5) is 0 Å². The van der Waals surface area contributed by atoms with Crippen molar-refractivity contribution in [3.63, 3.8) is 0 Å². The molecule has 1 aromatic rings. The van der Waals surface area contributed by atoms with Gasteiger partial charge in [-0.1, -0.05) is 26.0 Å². The van der Waals surface area contributed by atoms with Gasteiger partial charge in [-0.2, -0.15) is 0 Å². The largest absolute Gasteiger partial charge is 0.508 e. The maximum Gasteiger partial charge on any atom is 0.328 e. The van der Waals surface area contributed by atoms with E-state index in [2.05, 4.69) is 16.0 Å². The molecule has 34 heavy (non-hydrogen) atoms. The SMILES string of the molecule is CC(C)C(NC(=O)C(N)Cc1ccc(O)cc1)C(=O)NC(C(=O)NC(C(=O)O)C(C)O)C(C)O. The number of carboxylic acids is 1. The standard InChI is InChI=1S/C22H34N4O8/c1-10(2)16(24-19(30)15(23)9-13-5-7-14(29)8-6-13)20(31)25-17(11(3)27)21(32)26-18(12(4)28)22(33)34/h5-8,10-12,15-18,27-29H,9,23H2,1-4H3,(H,24,30)(H,25,31)(H,26,32)(H,33,34). The molecule has 6 unspecified atom stereocenters. The predicted octanol–water partition coefficient (Wildman–Crippen LogP) is -1.78. The van der Waals surface area contributed by atoms with Crippen molar-refractivity contribution in [1.82, 2.24) is 16.0 Å². The van der Waals surface area contributed by atoms with Crippen molar-refractivity contribution in [3.8, 4) is 5.75 Å². The number of aliphatic hydroxyl groups excluding tert-OH is 2. The van der Waals surface area contributed by atoms with Crippen molar-refractivity contribution in [2.45, 2.75) is 70.5 Å². The molecule has 0 aromatic heterocycles. The fourth-order valence-electron chi connectivity index (χ4n) is 3.05. The number of nitrogens with one attached hydrogen (secondary N) is 3. The maximum atomic E-state index is 12.9. The average molecular weight is 483 g/mol. The van der Waals surface area contributed by atoms with E-state index >= 15 is 0 Å². The number of carbonyl (C=O) groups is 4. The first-order valence-electron chi connectivity index (χ1n) is 10.8. The summed E-state index contributed by atoms with van der Waals surface area (Å²) in [6, 6.07) is 0.824. The van der Waals surface area contributed by atoms with Gasteiger partial charge in [-0.25, -0.2) is 4.79 Å². The third kappa shape index (κ3) is 8.61. The summed E-state index contributed by atoms with van der Waals surface area (Å²) in [7, 11) is 0. The van der Waals surface area contributed by atoms with Crippen LogP contribution in [0.5, 0.6) is 5.75 Å². The van der Waals surface area contributed by atoms with Crippen LogP contribution < -0.4 is 21.7 Å². The summed E-state index contributed by atoms with van der Waals surface area (Å²) in [5.41, 5.74) is 6.65. The number of rotatable bonds is 12. The first-order chi connectivity index (χ1) is 15.7. The van der Waals surface area contributed by atoms with Crippen LogP contribution in [0.25, 0.3) is 0 Å². The van der Waals surface area contributed by atoms with Gasteiger partial charge in [-0.15, -0.1) is 0 Å². The number of amides is 3. The lowest BCUT2D eigenvalue weighted by Gasteiger charge is -2.28. The fourth-order valence-corrected chi connectivity index (χ4v) is 3.05. The molecule has 0 bridgehead atoms. The van der Waals surface area contributed by atoms with Crippen molar-refractivity contribution in [2.24, 2.45) is 11.7 Å². The number of aliphatic hydroxyl groups is 2. The van der Waals surface area contributed by atoms with E-state index in [9.17, 15) is 34.5 Å². The number of hydrogen-bond donors (Lipinski definition) is 8. The average Bonchev–Trinajstić information content (AvgIpc) is 2.74. The number of carbonyl (C=O) groups excluding carboxylic acids is 3. The molecule has 6 atom stereocenters. The highest BCUT2D eigenvalue weighted by Gasteiger charge is 2.34. The van der Waals surface area contributed by atoms with Crippen LogP contribution in [0.3, 0.4) is 0 Å². The van der Waals surface area contributed by atoms with Crippen LogP contribution in [0.1, 0.15) is 33.3 Å². The first kappa shape index (κ1) is 28.8. The van der Waals surface area contributed by atoms with Crippen LogP contribution >= 0.6 is 0 Å². The number of phenols is 1. The van der Waals surface area contributed by atoms with E-state index in [0.717, 1.165) is 0 Å². The lowest BCUT2D eigenvalue weighted by atomic mass is 10.0. The fraction of sp³-hybridized carbons (Fsp3) is 0.545. The molecule has 190 valence electrons. The van der Waals surface area contributed by atoms with E-state index in [1.54, 1.807) is 26.0 Å². The minimum atomic E-state index is -1.65. The van der Waals surface area contributed by atoms with Gasteiger partial charge in [0, 0.05) is 0 Å². The molecule has 0 heterocycles. The Morgan fingerprint density at radius 3 is 1.68 bits per heavy atom. The van der Waals surface area contributed by atoms with Gasteiger partial charge in [0.2, 0.25) is 17.7 Å². The van der Waals surface area contributed by atoms with Crippen LogP contribution in [0.2, 0.25) is 0 Å². The summed E-state index contributed by atoms with van der Waals surface area (Å²) in [5.74, 6) is -4.28. The minimum absolute atomic E-state index is 0.0677. The van der Waals surface area contributed by atoms with Crippen molar-refractivity contribution < 1.29 is 39.6 Å². The van der Waals surface area contributed by atoms with Crippen molar-refractivity contribution in [1.29, 1.82) is 0 Å². The lowest BCUT2D eigenvalue weighted by Crippen LogP contribution is -2.61. The van der Waals surface area contributed by atoms with Gasteiger partial charge in [-0.3, -0.25) is 14.4 Å². The quantitative estimate of drug-likeness (QED) is 0.169. The summed E-state index contributed by atoms with van der Waals surface area (Å²) in [4.78, 5) is 49.2. The normalized spacial score (nSPS) is 16.5. The van der Waals surface area contributed by atoms with Crippen LogP contribution in [-0.4, -0.2) is 80.5 Å². The molecule has 0 aliphatic heterocycles. The second-order valence-electron chi connectivity index (χ2n) is 8.50. The van der Waals surface area contributed by atoms with E-state index in [4.69, 9.17) is 10.8 Å². The monoisotopic (exact) mass is 482 g/mol. The zero-order chi connectivity index (χ0) is 26.2. The summed E-state index contributed by atoms with van der Waals surface area (Å²) in [6.07, 6.45) is -2.69. The topological polar surface area (TPSA) is 211 Å². The molecule has 0 fully saturated rings. The summed E-state index contributed by atoms with van der Waals surface area (Å²) < 4.78 is 0. The Labute approximate surface area is 197 Å². The van der Waals surface area contributed by atoms with Gasteiger partial charge in [0.1, 0.15) is 17.8 Å². The molecule has 1 rings (SSSR count). The predicted molar refractivity (Wildman–Crippen MR) is 121 cm³/mol. The van der Waals surface area contributed by atoms with E-state index in [0.29, 0.717) is 5.56 Å². The number of aromatic hydroxyl groups is 1. The molecule has 0 saturated carbocycles. The Kier molecular flexibility index (Phi) is 10.9. The van der Waals surface area contributed by atoms with Gasteiger partial charge >= 0.3 is 5.97 Å². The minimum Gasteiger partial charge on any atom is -0.508 e. The third-order valence-corrected chi connectivity index (χ3v) is 5.08. The van der Waals surface area contributed by atoms with Crippen LogP contribution in [-0.2, 0) is 25.6 Å². The summed E-state index contributed by atoms with van der Waals surface area (Å²) >= 11 is 0. The molecule has 0 saturated heterocycles. The molecule has 0 aliphatic carbocycles. The second kappa shape index (κ2) is 12.9. The summed E-state index contributed by atoms with van der Waals surface area (Å²) in [5, 5.41) is 44.9. The molecular formula is C22H34N4O8. The van der Waals surface area contributed by atoms with E-state index in [1.807, 2.05) is 0 Å². The van der Waals surface area contributed by atoms with Gasteiger partial charge in [0.05, 0.1) is 18.2 Å². The Morgan fingerprint density at radius 2 is 1.24 bits per heavy atom. The molecule has 12 nitrogen and oxygen atoms in total. The van der Waals surface area contributed by atoms with Crippen LogP contribution in [0.15, 0.2) is 24.3 Å². The van der Waals surface area contributed by atoms with E-state index in [1.165, 1.54) is 26.0 Å². The highest BCUT2D eigenvalue weighted by Crippen LogP contribution is 2.11. The Balaban J connectivity index is 2.89. The number of phenolic OH excluding ortho intramolecular Hbond substituents is 1. The Morgan fingerprint density at radius 1 is 0.794 bits per heavy atom. The number of aliphatic carboxylic acids is 1. The molecule has 3 amide bonds. The number of carboxylic acid groups (broad SMARTS) is 1. The van der Waals surface area contributed by atoms with Gasteiger partial charge < -0.3 is 42.1 Å². The van der Waals surface area contributed by atoms with Crippen molar-refractivity contribution >= 4 is 23.7 Å². The number of nitrogens with two attached hydrogens (primary N) is 1. The van der Waals surface area contributed by atoms with Crippen LogP contribution in [0, 0.1) is 5.92 Å². The molecule has 1 aromatic carbocycles. The Hall–Kier alpha value is -3.22. The van der Waals surface area contributed by atoms with E-state index in [-0.39, 0.29) is 12.2 Å². The van der Waals surface area contributed by atoms with Gasteiger partial charge in [-0.05, 0) is 43.9 Å². The number of benzene rings is 1. The van der Waals surface area contributed by atoms with E-state index < -0.39 is 66.0 Å². The first-order valence-corrected chi connectivity index (χ1v) is 10.8.